The molecule has 18 heavy (non-hydrogen) atoms. The van der Waals surface area contributed by atoms with Crippen molar-refractivity contribution in [2.45, 2.75) is 18.9 Å². The molecule has 0 saturated carbocycles. The predicted molar refractivity (Wildman–Crippen MR) is 78.3 cm³/mol. The molecule has 4 nitrogen and oxygen atoms in total. The summed E-state index contributed by atoms with van der Waals surface area (Å²) < 4.78 is 23.8. The zero-order valence-corrected chi connectivity index (χ0v) is 12.9. The van der Waals surface area contributed by atoms with Crippen LogP contribution in [0.3, 0.4) is 0 Å². The Hall–Kier alpha value is -0.630. The van der Waals surface area contributed by atoms with E-state index in [1.54, 1.807) is 19.1 Å². The van der Waals surface area contributed by atoms with Gasteiger partial charge in [-0.1, -0.05) is 12.1 Å². The summed E-state index contributed by atoms with van der Waals surface area (Å²) in [6.45, 7) is 1.78. The number of sulfone groups is 1. The van der Waals surface area contributed by atoms with E-state index < -0.39 is 15.4 Å². The summed E-state index contributed by atoms with van der Waals surface area (Å²) in [7, 11) is -3.01. The fourth-order valence-corrected chi connectivity index (χ4v) is 4.82. The number of rotatable bonds is 2. The van der Waals surface area contributed by atoms with E-state index in [1.165, 1.54) is 0 Å². The normalized spacial score (nSPS) is 25.9. The Morgan fingerprint density at radius 2 is 2.06 bits per heavy atom. The monoisotopic (exact) mass is 379 g/mol. The molecule has 1 aromatic carbocycles. The standard InChI is InChI=1S/C12H14INO3S/c1-12(6-7-18(16,17)8-12)14-11(15)9-4-2-3-5-10(9)13/h2-5H,6-8H2,1H3,(H,14,15)/t12-/m0/s1. The van der Waals surface area contributed by atoms with E-state index in [4.69, 9.17) is 0 Å². The Morgan fingerprint density at radius 1 is 1.39 bits per heavy atom. The Morgan fingerprint density at radius 3 is 2.61 bits per heavy atom. The fourth-order valence-electron chi connectivity index (χ4n) is 2.10. The summed E-state index contributed by atoms with van der Waals surface area (Å²) in [4.78, 5) is 12.1. The van der Waals surface area contributed by atoms with Gasteiger partial charge in [-0.3, -0.25) is 4.79 Å². The van der Waals surface area contributed by atoms with Crippen molar-refractivity contribution in [2.75, 3.05) is 11.5 Å². The van der Waals surface area contributed by atoms with Gasteiger partial charge in [0.1, 0.15) is 0 Å². The Bertz CT molecular complexity index is 585. The number of halogens is 1. The highest BCUT2D eigenvalue weighted by Crippen LogP contribution is 2.23. The van der Waals surface area contributed by atoms with Crippen LogP contribution in [0.15, 0.2) is 24.3 Å². The van der Waals surface area contributed by atoms with Crippen LogP contribution in [0.25, 0.3) is 0 Å². The average molecular weight is 379 g/mol. The lowest BCUT2D eigenvalue weighted by Crippen LogP contribution is -2.47. The highest BCUT2D eigenvalue weighted by molar-refractivity contribution is 14.1. The predicted octanol–water partition coefficient (Wildman–Crippen LogP) is 1.60. The van der Waals surface area contributed by atoms with E-state index in [0.29, 0.717) is 12.0 Å². The number of carbonyl (C=O) groups excluding carboxylic acids is 1. The second-order valence-electron chi connectivity index (χ2n) is 4.84. The van der Waals surface area contributed by atoms with Crippen molar-refractivity contribution in [1.29, 1.82) is 0 Å². The molecule has 6 heteroatoms. The SMILES string of the molecule is C[C@]1(NC(=O)c2ccccc2I)CCS(=O)(=O)C1. The number of benzene rings is 1. The van der Waals surface area contributed by atoms with Gasteiger partial charge in [0.2, 0.25) is 0 Å². The van der Waals surface area contributed by atoms with Crippen molar-refractivity contribution in [3.05, 3.63) is 33.4 Å². The maximum Gasteiger partial charge on any atom is 0.252 e. The van der Waals surface area contributed by atoms with E-state index in [9.17, 15) is 13.2 Å². The molecule has 2 rings (SSSR count). The number of hydrogen-bond donors (Lipinski definition) is 1. The van der Waals surface area contributed by atoms with Crippen LogP contribution in [-0.2, 0) is 9.84 Å². The summed E-state index contributed by atoms with van der Waals surface area (Å²) in [5, 5.41) is 2.85. The summed E-state index contributed by atoms with van der Waals surface area (Å²) in [6.07, 6.45) is 0.477. The van der Waals surface area contributed by atoms with Crippen molar-refractivity contribution >= 4 is 38.3 Å². The van der Waals surface area contributed by atoms with Crippen LogP contribution in [0.5, 0.6) is 0 Å². The van der Waals surface area contributed by atoms with Crippen molar-refractivity contribution in [2.24, 2.45) is 0 Å². The minimum atomic E-state index is -3.01. The second-order valence-corrected chi connectivity index (χ2v) is 8.18. The molecule has 1 heterocycles. The highest BCUT2D eigenvalue weighted by atomic mass is 127. The van der Waals surface area contributed by atoms with Gasteiger partial charge in [0.25, 0.3) is 5.91 Å². The molecule has 1 aliphatic heterocycles. The van der Waals surface area contributed by atoms with Gasteiger partial charge >= 0.3 is 0 Å². The Kier molecular flexibility index (Phi) is 3.68. The van der Waals surface area contributed by atoms with E-state index in [2.05, 4.69) is 27.9 Å². The van der Waals surface area contributed by atoms with E-state index in [1.807, 2.05) is 12.1 Å². The smallest absolute Gasteiger partial charge is 0.252 e. The van der Waals surface area contributed by atoms with E-state index in [0.717, 1.165) is 3.57 Å². The first-order valence-corrected chi connectivity index (χ1v) is 8.49. The minimum Gasteiger partial charge on any atom is -0.346 e. The molecule has 1 amide bonds. The summed E-state index contributed by atoms with van der Waals surface area (Å²) >= 11 is 2.09. The number of amides is 1. The molecule has 1 saturated heterocycles. The molecular formula is C12H14INO3S. The molecule has 1 aromatic rings. The van der Waals surface area contributed by atoms with Crippen LogP contribution in [-0.4, -0.2) is 31.4 Å². The summed E-state index contributed by atoms with van der Waals surface area (Å²) in [5.41, 5.74) is -0.0573. The first kappa shape index (κ1) is 13.8. The fraction of sp³-hybridized carbons (Fsp3) is 0.417. The van der Waals surface area contributed by atoms with Crippen LogP contribution in [0.2, 0.25) is 0 Å². The molecule has 0 bridgehead atoms. The topological polar surface area (TPSA) is 63.2 Å². The number of carbonyl (C=O) groups is 1. The molecule has 1 aliphatic rings. The largest absolute Gasteiger partial charge is 0.346 e. The zero-order valence-electron chi connectivity index (χ0n) is 9.94. The zero-order chi connectivity index (χ0) is 13.4. The van der Waals surface area contributed by atoms with Crippen molar-refractivity contribution in [3.8, 4) is 0 Å². The number of nitrogens with one attached hydrogen (secondary N) is 1. The lowest BCUT2D eigenvalue weighted by molar-refractivity contribution is 0.0914. The molecular weight excluding hydrogens is 365 g/mol. The van der Waals surface area contributed by atoms with Crippen molar-refractivity contribution in [3.63, 3.8) is 0 Å². The summed E-state index contributed by atoms with van der Waals surface area (Å²) in [5.74, 6) is -0.0373. The van der Waals surface area contributed by atoms with Gasteiger partial charge in [0.05, 0.1) is 22.6 Å². The highest BCUT2D eigenvalue weighted by Gasteiger charge is 2.39. The van der Waals surface area contributed by atoms with Crippen LogP contribution in [0.4, 0.5) is 0 Å². The molecule has 0 unspecified atom stereocenters. The Balaban J connectivity index is 2.16. The van der Waals surface area contributed by atoms with Gasteiger partial charge in [0.15, 0.2) is 9.84 Å². The summed E-state index contributed by atoms with van der Waals surface area (Å²) in [6, 6.07) is 7.25. The van der Waals surface area contributed by atoms with Crippen LogP contribution in [0.1, 0.15) is 23.7 Å². The van der Waals surface area contributed by atoms with Crippen LogP contribution < -0.4 is 5.32 Å². The van der Waals surface area contributed by atoms with Crippen LogP contribution in [0, 0.1) is 3.57 Å². The Labute approximate surface area is 120 Å². The van der Waals surface area contributed by atoms with Crippen LogP contribution >= 0.6 is 22.6 Å². The molecule has 1 fully saturated rings. The molecule has 0 aliphatic carbocycles. The van der Waals surface area contributed by atoms with Gasteiger partial charge in [-0.05, 0) is 48.1 Å². The van der Waals surface area contributed by atoms with Gasteiger partial charge in [-0.15, -0.1) is 0 Å². The lowest BCUT2D eigenvalue weighted by atomic mass is 10.0. The molecule has 0 aromatic heterocycles. The molecule has 98 valence electrons. The molecule has 1 atom stereocenters. The molecule has 1 N–H and O–H groups in total. The van der Waals surface area contributed by atoms with Gasteiger partial charge in [0, 0.05) is 3.57 Å². The third kappa shape index (κ3) is 3.03. The maximum atomic E-state index is 12.1. The number of hydrogen-bond acceptors (Lipinski definition) is 3. The maximum absolute atomic E-state index is 12.1. The molecule has 0 radical (unpaired) electrons. The minimum absolute atomic E-state index is 0.0230. The molecule has 0 spiro atoms. The van der Waals surface area contributed by atoms with E-state index in [-0.39, 0.29) is 17.4 Å². The third-order valence-electron chi connectivity index (χ3n) is 3.04. The quantitative estimate of drug-likeness (QED) is 0.795. The van der Waals surface area contributed by atoms with Crippen molar-refractivity contribution in [1.82, 2.24) is 5.32 Å². The average Bonchev–Trinajstić information content (AvgIpc) is 2.53. The first-order valence-electron chi connectivity index (χ1n) is 5.59. The second kappa shape index (κ2) is 4.80. The van der Waals surface area contributed by atoms with Gasteiger partial charge in [-0.25, -0.2) is 8.42 Å². The first-order chi connectivity index (χ1) is 8.31. The van der Waals surface area contributed by atoms with Gasteiger partial charge < -0.3 is 5.32 Å². The third-order valence-corrected chi connectivity index (χ3v) is 5.88. The lowest BCUT2D eigenvalue weighted by Gasteiger charge is -2.24. The van der Waals surface area contributed by atoms with Gasteiger partial charge in [-0.2, -0.15) is 0 Å². The van der Waals surface area contributed by atoms with Crippen molar-refractivity contribution < 1.29 is 13.2 Å². The van der Waals surface area contributed by atoms with E-state index >= 15 is 0 Å².